The molecular weight excluding hydrogens is 250 g/mol. The minimum atomic E-state index is -0.425. The number of fused-ring (bicyclic) bond motifs is 1. The van der Waals surface area contributed by atoms with E-state index in [4.69, 9.17) is 4.74 Å². The highest BCUT2D eigenvalue weighted by Gasteiger charge is 2.22. The lowest BCUT2D eigenvalue weighted by atomic mass is 10.3. The van der Waals surface area contributed by atoms with Crippen LogP contribution in [0.25, 0.3) is 10.2 Å². The molecule has 1 aliphatic heterocycles. The van der Waals surface area contributed by atoms with Gasteiger partial charge in [-0.2, -0.15) is 0 Å². The van der Waals surface area contributed by atoms with E-state index in [0.717, 1.165) is 16.8 Å². The Morgan fingerprint density at radius 1 is 1.50 bits per heavy atom. The fourth-order valence-electron chi connectivity index (χ4n) is 1.85. The van der Waals surface area contributed by atoms with E-state index in [-0.39, 0.29) is 5.91 Å². The Hall–Kier alpha value is -1.50. The topological polar surface area (TPSA) is 63.2 Å². The van der Waals surface area contributed by atoms with Crippen molar-refractivity contribution in [3.63, 3.8) is 0 Å². The van der Waals surface area contributed by atoms with Crippen LogP contribution in [0.4, 0.5) is 5.13 Å². The maximum atomic E-state index is 11.9. The lowest BCUT2D eigenvalue weighted by Gasteiger charge is -2.22. The molecule has 1 saturated heterocycles. The van der Waals surface area contributed by atoms with E-state index >= 15 is 0 Å². The second kappa shape index (κ2) is 5.01. The summed E-state index contributed by atoms with van der Waals surface area (Å²) < 4.78 is 6.45. The van der Waals surface area contributed by atoms with Crippen LogP contribution in [-0.4, -0.2) is 36.7 Å². The molecule has 3 rings (SSSR count). The van der Waals surface area contributed by atoms with E-state index in [2.05, 4.69) is 15.6 Å². The van der Waals surface area contributed by atoms with Gasteiger partial charge in [0.25, 0.3) is 5.91 Å². The lowest BCUT2D eigenvalue weighted by molar-refractivity contribution is -0.128. The van der Waals surface area contributed by atoms with E-state index in [9.17, 15) is 4.79 Å². The van der Waals surface area contributed by atoms with Crippen LogP contribution in [0.2, 0.25) is 0 Å². The molecular formula is C12H13N3O2S. The van der Waals surface area contributed by atoms with Crippen molar-refractivity contribution < 1.29 is 9.53 Å². The van der Waals surface area contributed by atoms with E-state index < -0.39 is 6.10 Å². The molecule has 5 nitrogen and oxygen atoms in total. The van der Waals surface area contributed by atoms with Gasteiger partial charge >= 0.3 is 0 Å². The van der Waals surface area contributed by atoms with Crippen molar-refractivity contribution in [2.75, 3.05) is 25.0 Å². The summed E-state index contributed by atoms with van der Waals surface area (Å²) in [4.78, 5) is 16.3. The van der Waals surface area contributed by atoms with Crippen molar-refractivity contribution >= 4 is 32.6 Å². The molecule has 1 aromatic carbocycles. The number of benzene rings is 1. The maximum Gasteiger partial charge on any atom is 0.256 e. The summed E-state index contributed by atoms with van der Waals surface area (Å²) in [7, 11) is 0. The molecule has 2 aromatic rings. The van der Waals surface area contributed by atoms with Crippen LogP contribution < -0.4 is 10.6 Å². The first-order valence-corrected chi connectivity index (χ1v) is 6.63. The predicted molar refractivity (Wildman–Crippen MR) is 70.9 cm³/mol. The standard InChI is InChI=1S/C12H13N3O2S/c16-11(9-7-13-5-6-17-9)15-12-14-8-3-1-2-4-10(8)18-12/h1-4,9,13H,5-7H2,(H,14,15,16). The number of nitrogens with one attached hydrogen (secondary N) is 2. The van der Waals surface area contributed by atoms with Gasteiger partial charge in [0.05, 0.1) is 16.8 Å². The summed E-state index contributed by atoms with van der Waals surface area (Å²) in [6.45, 7) is 1.92. The zero-order valence-electron chi connectivity index (χ0n) is 9.68. The molecule has 1 amide bonds. The number of para-hydroxylation sites is 1. The highest BCUT2D eigenvalue weighted by atomic mass is 32.1. The Balaban J connectivity index is 1.73. The second-order valence-corrected chi connectivity index (χ2v) is 5.07. The molecule has 0 spiro atoms. The molecule has 1 unspecified atom stereocenters. The Morgan fingerprint density at radius 2 is 2.39 bits per heavy atom. The SMILES string of the molecule is O=C(Nc1nc2ccccc2s1)C1CNCCO1. The van der Waals surface area contributed by atoms with Crippen LogP contribution >= 0.6 is 11.3 Å². The number of anilines is 1. The summed E-state index contributed by atoms with van der Waals surface area (Å²) >= 11 is 1.47. The highest BCUT2D eigenvalue weighted by Crippen LogP contribution is 2.25. The number of nitrogens with zero attached hydrogens (tertiary/aromatic N) is 1. The van der Waals surface area contributed by atoms with Gasteiger partial charge in [-0.1, -0.05) is 23.5 Å². The van der Waals surface area contributed by atoms with Gasteiger partial charge in [-0.3, -0.25) is 10.1 Å². The van der Waals surface area contributed by atoms with E-state index in [1.54, 1.807) is 0 Å². The van der Waals surface area contributed by atoms with Gasteiger partial charge in [0.2, 0.25) is 0 Å². The molecule has 0 radical (unpaired) electrons. The summed E-state index contributed by atoms with van der Waals surface area (Å²) in [6, 6.07) is 7.81. The molecule has 94 valence electrons. The highest BCUT2D eigenvalue weighted by molar-refractivity contribution is 7.22. The lowest BCUT2D eigenvalue weighted by Crippen LogP contribution is -2.45. The third-order valence-electron chi connectivity index (χ3n) is 2.74. The Morgan fingerprint density at radius 3 is 3.17 bits per heavy atom. The molecule has 6 heteroatoms. The second-order valence-electron chi connectivity index (χ2n) is 4.04. The molecule has 2 N–H and O–H groups in total. The molecule has 2 heterocycles. The number of amides is 1. The summed E-state index contributed by atoms with van der Waals surface area (Å²) in [6.07, 6.45) is -0.425. The first-order valence-electron chi connectivity index (χ1n) is 5.82. The Bertz CT molecular complexity index is 530. The number of ether oxygens (including phenoxy) is 1. The van der Waals surface area contributed by atoms with Crippen LogP contribution in [0.5, 0.6) is 0 Å². The van der Waals surface area contributed by atoms with E-state index in [1.807, 2.05) is 24.3 Å². The van der Waals surface area contributed by atoms with Crippen molar-refractivity contribution in [1.82, 2.24) is 10.3 Å². The molecule has 1 atom stereocenters. The molecule has 18 heavy (non-hydrogen) atoms. The third-order valence-corrected chi connectivity index (χ3v) is 3.70. The summed E-state index contributed by atoms with van der Waals surface area (Å²) in [5.74, 6) is -0.138. The first-order chi connectivity index (χ1) is 8.83. The maximum absolute atomic E-state index is 11.9. The molecule has 1 aromatic heterocycles. The van der Waals surface area contributed by atoms with Gasteiger partial charge in [0, 0.05) is 13.1 Å². The van der Waals surface area contributed by atoms with Crippen LogP contribution in [0.3, 0.4) is 0 Å². The largest absolute Gasteiger partial charge is 0.366 e. The van der Waals surface area contributed by atoms with E-state index in [0.29, 0.717) is 18.3 Å². The van der Waals surface area contributed by atoms with Crippen molar-refractivity contribution in [1.29, 1.82) is 0 Å². The Kier molecular flexibility index (Phi) is 3.22. The van der Waals surface area contributed by atoms with Crippen LogP contribution in [-0.2, 0) is 9.53 Å². The zero-order valence-corrected chi connectivity index (χ0v) is 10.5. The van der Waals surface area contributed by atoms with Gasteiger partial charge in [0.15, 0.2) is 5.13 Å². The minimum absolute atomic E-state index is 0.138. The fourth-order valence-corrected chi connectivity index (χ4v) is 2.71. The average molecular weight is 263 g/mol. The summed E-state index contributed by atoms with van der Waals surface area (Å²) in [5.41, 5.74) is 0.903. The predicted octanol–water partition coefficient (Wildman–Crippen LogP) is 1.22. The van der Waals surface area contributed by atoms with Gasteiger partial charge in [-0.05, 0) is 12.1 Å². The van der Waals surface area contributed by atoms with Crippen molar-refractivity contribution in [2.45, 2.75) is 6.10 Å². The molecule has 1 aliphatic rings. The first kappa shape index (κ1) is 11.6. The number of rotatable bonds is 2. The van der Waals surface area contributed by atoms with Gasteiger partial charge in [-0.15, -0.1) is 0 Å². The van der Waals surface area contributed by atoms with Crippen molar-refractivity contribution in [3.05, 3.63) is 24.3 Å². The molecule has 1 fully saturated rings. The van der Waals surface area contributed by atoms with Crippen molar-refractivity contribution in [2.24, 2.45) is 0 Å². The molecule has 0 aliphatic carbocycles. The number of aromatic nitrogens is 1. The Labute approximate surface area is 108 Å². The number of hydrogen-bond acceptors (Lipinski definition) is 5. The molecule has 0 saturated carbocycles. The molecule has 0 bridgehead atoms. The van der Waals surface area contributed by atoms with Gasteiger partial charge in [0.1, 0.15) is 6.10 Å². The monoisotopic (exact) mass is 263 g/mol. The van der Waals surface area contributed by atoms with Gasteiger partial charge < -0.3 is 10.1 Å². The average Bonchev–Trinajstić information content (AvgIpc) is 2.82. The third kappa shape index (κ3) is 2.35. The number of carbonyl (C=O) groups excluding carboxylic acids is 1. The number of thiazole rings is 1. The van der Waals surface area contributed by atoms with Gasteiger partial charge in [-0.25, -0.2) is 4.98 Å². The number of morpholine rings is 1. The fraction of sp³-hybridized carbons (Fsp3) is 0.333. The van der Waals surface area contributed by atoms with E-state index in [1.165, 1.54) is 11.3 Å². The smallest absolute Gasteiger partial charge is 0.256 e. The van der Waals surface area contributed by atoms with Crippen LogP contribution in [0.15, 0.2) is 24.3 Å². The number of carbonyl (C=O) groups is 1. The number of hydrogen-bond donors (Lipinski definition) is 2. The van der Waals surface area contributed by atoms with Crippen LogP contribution in [0, 0.1) is 0 Å². The normalized spacial score (nSPS) is 19.9. The minimum Gasteiger partial charge on any atom is -0.366 e. The zero-order chi connectivity index (χ0) is 12.4. The quantitative estimate of drug-likeness (QED) is 0.855. The summed E-state index contributed by atoms with van der Waals surface area (Å²) in [5, 5.41) is 6.55. The van der Waals surface area contributed by atoms with Crippen LogP contribution in [0.1, 0.15) is 0 Å². The van der Waals surface area contributed by atoms with Crippen molar-refractivity contribution in [3.8, 4) is 0 Å².